The highest BCUT2D eigenvalue weighted by Crippen LogP contribution is 2.20. The number of thiocarbonyl (C=S) groups is 1. The molecule has 1 saturated heterocycles. The third kappa shape index (κ3) is 6.68. The molecule has 2 aromatic carbocycles. The number of amides is 2. The smallest absolute Gasteiger partial charge is 0.257 e. The lowest BCUT2D eigenvalue weighted by molar-refractivity contribution is -0.129. The third-order valence-corrected chi connectivity index (χ3v) is 5.53. The Morgan fingerprint density at radius 2 is 1.66 bits per heavy atom. The molecule has 0 aliphatic carbocycles. The quantitative estimate of drug-likeness (QED) is 0.491. The molecule has 1 fully saturated rings. The van der Waals surface area contributed by atoms with E-state index in [0.717, 1.165) is 56.1 Å². The Kier molecular flexibility index (Phi) is 8.44. The Bertz CT molecular complexity index is 923. The van der Waals surface area contributed by atoms with Gasteiger partial charge in [0.2, 0.25) is 5.91 Å². The van der Waals surface area contributed by atoms with Crippen LogP contribution in [0.3, 0.4) is 0 Å². The first-order valence-corrected chi connectivity index (χ1v) is 11.3. The molecule has 3 rings (SSSR count). The standard InChI is InChI=1S/C24H30N4O3S/c1-3-4-17-31-22-11-5-19(6-12-22)23(30)26-24(32)25-20-7-9-21(10-8-20)28-15-13-27(14-16-28)18(2)29/h5-12H,3-4,13-17H2,1-2H3,(H2,25,26,30,32). The minimum Gasteiger partial charge on any atom is -0.494 e. The molecule has 0 atom stereocenters. The van der Waals surface area contributed by atoms with Gasteiger partial charge in [0.05, 0.1) is 6.61 Å². The molecule has 2 aromatic rings. The van der Waals surface area contributed by atoms with E-state index in [9.17, 15) is 9.59 Å². The maximum Gasteiger partial charge on any atom is 0.257 e. The van der Waals surface area contributed by atoms with Crippen molar-refractivity contribution in [2.45, 2.75) is 26.7 Å². The predicted molar refractivity (Wildman–Crippen MR) is 131 cm³/mol. The molecule has 1 aliphatic heterocycles. The molecule has 0 saturated carbocycles. The molecular formula is C24H30N4O3S. The van der Waals surface area contributed by atoms with Gasteiger partial charge in [0.1, 0.15) is 5.75 Å². The van der Waals surface area contributed by atoms with Crippen LogP contribution >= 0.6 is 12.2 Å². The molecule has 0 radical (unpaired) electrons. The third-order valence-electron chi connectivity index (χ3n) is 5.33. The lowest BCUT2D eigenvalue weighted by atomic mass is 10.2. The van der Waals surface area contributed by atoms with Crippen LogP contribution in [0.1, 0.15) is 37.0 Å². The van der Waals surface area contributed by atoms with E-state index in [-0.39, 0.29) is 16.9 Å². The molecule has 32 heavy (non-hydrogen) atoms. The van der Waals surface area contributed by atoms with Crippen molar-refractivity contribution in [3.63, 3.8) is 0 Å². The summed E-state index contributed by atoms with van der Waals surface area (Å²) in [6, 6.07) is 14.9. The van der Waals surface area contributed by atoms with E-state index < -0.39 is 0 Å². The van der Waals surface area contributed by atoms with E-state index in [0.29, 0.717) is 12.2 Å². The van der Waals surface area contributed by atoms with E-state index in [1.54, 1.807) is 31.2 Å². The SMILES string of the molecule is CCCCOc1ccc(C(=O)NC(=S)Nc2ccc(N3CCN(C(C)=O)CC3)cc2)cc1. The number of carbonyl (C=O) groups is 2. The van der Waals surface area contributed by atoms with Crippen molar-refractivity contribution in [1.82, 2.24) is 10.2 Å². The van der Waals surface area contributed by atoms with Crippen molar-refractivity contribution < 1.29 is 14.3 Å². The molecule has 7 nitrogen and oxygen atoms in total. The average Bonchev–Trinajstić information content (AvgIpc) is 2.80. The molecule has 2 amide bonds. The second-order valence-corrected chi connectivity index (χ2v) is 8.08. The van der Waals surface area contributed by atoms with Crippen molar-refractivity contribution in [3.05, 3.63) is 54.1 Å². The zero-order chi connectivity index (χ0) is 22.9. The van der Waals surface area contributed by atoms with Gasteiger partial charge in [-0.25, -0.2) is 0 Å². The van der Waals surface area contributed by atoms with Crippen LogP contribution in [0.5, 0.6) is 5.75 Å². The Morgan fingerprint density at radius 1 is 1.00 bits per heavy atom. The van der Waals surface area contributed by atoms with Crippen LogP contribution in [0.15, 0.2) is 48.5 Å². The van der Waals surface area contributed by atoms with E-state index in [1.165, 1.54) is 0 Å². The van der Waals surface area contributed by atoms with Gasteiger partial charge in [0.15, 0.2) is 5.11 Å². The summed E-state index contributed by atoms with van der Waals surface area (Å²) in [4.78, 5) is 28.0. The summed E-state index contributed by atoms with van der Waals surface area (Å²) >= 11 is 5.29. The lowest BCUT2D eigenvalue weighted by Gasteiger charge is -2.35. The molecular weight excluding hydrogens is 424 g/mol. The van der Waals surface area contributed by atoms with Gasteiger partial charge in [0.25, 0.3) is 5.91 Å². The maximum atomic E-state index is 12.4. The van der Waals surface area contributed by atoms with Crippen molar-refractivity contribution in [2.75, 3.05) is 43.0 Å². The Morgan fingerprint density at radius 3 is 2.25 bits per heavy atom. The number of unbranched alkanes of at least 4 members (excludes halogenated alkanes) is 1. The largest absolute Gasteiger partial charge is 0.494 e. The number of ether oxygens (including phenoxy) is 1. The van der Waals surface area contributed by atoms with E-state index in [4.69, 9.17) is 17.0 Å². The van der Waals surface area contributed by atoms with E-state index in [2.05, 4.69) is 22.5 Å². The molecule has 0 bridgehead atoms. The van der Waals surface area contributed by atoms with Crippen LogP contribution in [0.4, 0.5) is 11.4 Å². The number of carbonyl (C=O) groups excluding carboxylic acids is 2. The fraction of sp³-hybridized carbons (Fsp3) is 0.375. The van der Waals surface area contributed by atoms with Gasteiger partial charge in [-0.1, -0.05) is 13.3 Å². The Hall–Kier alpha value is -3.13. The maximum absolute atomic E-state index is 12.4. The molecule has 170 valence electrons. The van der Waals surface area contributed by atoms with Crippen LogP contribution in [-0.2, 0) is 4.79 Å². The molecule has 0 unspecified atom stereocenters. The fourth-order valence-corrected chi connectivity index (χ4v) is 3.62. The molecule has 1 heterocycles. The summed E-state index contributed by atoms with van der Waals surface area (Å²) in [5.41, 5.74) is 2.40. The highest BCUT2D eigenvalue weighted by Gasteiger charge is 2.18. The van der Waals surface area contributed by atoms with Gasteiger partial charge >= 0.3 is 0 Å². The number of piperazine rings is 1. The number of benzene rings is 2. The molecule has 1 aliphatic rings. The number of hydrogen-bond donors (Lipinski definition) is 2. The normalized spacial score (nSPS) is 13.4. The van der Waals surface area contributed by atoms with Crippen molar-refractivity contribution in [1.29, 1.82) is 0 Å². The first-order valence-electron chi connectivity index (χ1n) is 10.9. The van der Waals surface area contributed by atoms with Gasteiger partial charge in [-0.15, -0.1) is 0 Å². The highest BCUT2D eigenvalue weighted by atomic mass is 32.1. The average molecular weight is 455 g/mol. The summed E-state index contributed by atoms with van der Waals surface area (Å²) in [6.45, 7) is 7.47. The summed E-state index contributed by atoms with van der Waals surface area (Å²) in [7, 11) is 0. The van der Waals surface area contributed by atoms with Gasteiger partial charge in [-0.05, 0) is 67.2 Å². The minimum atomic E-state index is -0.275. The van der Waals surface area contributed by atoms with Crippen molar-refractivity contribution >= 4 is 40.5 Å². The predicted octanol–water partition coefficient (Wildman–Crippen LogP) is 3.66. The molecule has 0 spiro atoms. The monoisotopic (exact) mass is 454 g/mol. The first kappa shape index (κ1) is 23.5. The molecule has 0 aromatic heterocycles. The number of hydrogen-bond acceptors (Lipinski definition) is 5. The summed E-state index contributed by atoms with van der Waals surface area (Å²) in [5, 5.41) is 5.98. The topological polar surface area (TPSA) is 73.9 Å². The van der Waals surface area contributed by atoms with Crippen LogP contribution in [0, 0.1) is 0 Å². The van der Waals surface area contributed by atoms with Gasteiger partial charge in [-0.2, -0.15) is 0 Å². The second kappa shape index (κ2) is 11.5. The van der Waals surface area contributed by atoms with Crippen LogP contribution < -0.4 is 20.3 Å². The van der Waals surface area contributed by atoms with E-state index in [1.807, 2.05) is 29.2 Å². The van der Waals surface area contributed by atoms with Gasteiger partial charge in [0, 0.05) is 50.0 Å². The first-order chi connectivity index (χ1) is 15.5. The number of anilines is 2. The Labute approximate surface area is 194 Å². The zero-order valence-electron chi connectivity index (χ0n) is 18.6. The minimum absolute atomic E-state index is 0.121. The van der Waals surface area contributed by atoms with Crippen molar-refractivity contribution in [3.8, 4) is 5.75 Å². The van der Waals surface area contributed by atoms with Gasteiger partial charge < -0.3 is 19.9 Å². The lowest BCUT2D eigenvalue weighted by Crippen LogP contribution is -2.48. The van der Waals surface area contributed by atoms with E-state index >= 15 is 0 Å². The van der Waals surface area contributed by atoms with Crippen LogP contribution in [-0.4, -0.2) is 54.6 Å². The zero-order valence-corrected chi connectivity index (χ0v) is 19.4. The van der Waals surface area contributed by atoms with Crippen LogP contribution in [0.2, 0.25) is 0 Å². The molecule has 2 N–H and O–H groups in total. The van der Waals surface area contributed by atoms with Crippen LogP contribution in [0.25, 0.3) is 0 Å². The number of nitrogens with zero attached hydrogens (tertiary/aromatic N) is 2. The highest BCUT2D eigenvalue weighted by molar-refractivity contribution is 7.80. The summed E-state index contributed by atoms with van der Waals surface area (Å²) in [6.07, 6.45) is 2.07. The van der Waals surface area contributed by atoms with Crippen molar-refractivity contribution in [2.24, 2.45) is 0 Å². The Balaban J connectivity index is 1.47. The fourth-order valence-electron chi connectivity index (χ4n) is 3.41. The second-order valence-electron chi connectivity index (χ2n) is 7.67. The molecule has 8 heteroatoms. The number of rotatable bonds is 7. The summed E-state index contributed by atoms with van der Waals surface area (Å²) < 4.78 is 5.62. The summed E-state index contributed by atoms with van der Waals surface area (Å²) in [5.74, 6) is 0.595. The van der Waals surface area contributed by atoms with Gasteiger partial charge in [-0.3, -0.25) is 14.9 Å². The number of nitrogens with one attached hydrogen (secondary N) is 2.